The van der Waals surface area contributed by atoms with E-state index in [1.54, 1.807) is 18.2 Å². The van der Waals surface area contributed by atoms with Gasteiger partial charge < -0.3 is 14.8 Å². The average molecular weight is 496 g/mol. The van der Waals surface area contributed by atoms with E-state index in [0.717, 1.165) is 18.4 Å². The highest BCUT2D eigenvalue weighted by Gasteiger charge is 2.28. The van der Waals surface area contributed by atoms with E-state index in [1.165, 1.54) is 28.6 Å². The van der Waals surface area contributed by atoms with Crippen LogP contribution >= 0.6 is 0 Å². The van der Waals surface area contributed by atoms with Gasteiger partial charge in [0, 0.05) is 26.2 Å². The van der Waals surface area contributed by atoms with Crippen LogP contribution in [0.15, 0.2) is 52.3 Å². The topological polar surface area (TPSA) is 114 Å². The molecule has 4 rings (SSSR count). The maximum atomic E-state index is 13.1. The van der Waals surface area contributed by atoms with Crippen molar-refractivity contribution in [2.24, 2.45) is 0 Å². The Hall–Kier alpha value is -2.18. The maximum Gasteiger partial charge on any atom is 0.261 e. The van der Waals surface area contributed by atoms with Gasteiger partial charge in [-0.2, -0.15) is 4.31 Å². The van der Waals surface area contributed by atoms with Crippen molar-refractivity contribution >= 4 is 31.4 Å². The molecule has 2 heterocycles. The van der Waals surface area contributed by atoms with E-state index < -0.39 is 20.0 Å². The Morgan fingerprint density at radius 1 is 0.939 bits per heavy atom. The Morgan fingerprint density at radius 2 is 1.64 bits per heavy atom. The van der Waals surface area contributed by atoms with Crippen LogP contribution in [0, 0.1) is 6.92 Å². The van der Waals surface area contributed by atoms with Gasteiger partial charge in [-0.05, 0) is 50.1 Å². The first-order valence-electron chi connectivity index (χ1n) is 10.9. The van der Waals surface area contributed by atoms with Crippen LogP contribution in [0.3, 0.4) is 0 Å². The summed E-state index contributed by atoms with van der Waals surface area (Å²) in [7, 11) is -7.72. The molecule has 0 aromatic heterocycles. The zero-order valence-electron chi connectivity index (χ0n) is 18.5. The van der Waals surface area contributed by atoms with E-state index in [2.05, 4.69) is 10.0 Å². The number of nitrogens with zero attached hydrogens (tertiary/aromatic N) is 1. The summed E-state index contributed by atoms with van der Waals surface area (Å²) in [6.45, 7) is 4.24. The minimum absolute atomic E-state index is 0.0219. The molecule has 2 fully saturated rings. The molecule has 11 heteroatoms. The van der Waals surface area contributed by atoms with Crippen LogP contribution < -0.4 is 10.0 Å². The molecule has 0 saturated carbocycles. The van der Waals surface area contributed by atoms with Crippen LogP contribution in [-0.2, 0) is 29.5 Å². The molecule has 2 N–H and O–H groups in total. The van der Waals surface area contributed by atoms with Crippen molar-refractivity contribution in [1.82, 2.24) is 4.31 Å². The second-order valence-electron chi connectivity index (χ2n) is 8.16. The van der Waals surface area contributed by atoms with Crippen LogP contribution in [0.4, 0.5) is 11.4 Å². The Balaban J connectivity index is 1.65. The lowest BCUT2D eigenvalue weighted by Crippen LogP contribution is -2.40. The lowest BCUT2D eigenvalue weighted by molar-refractivity contribution is 0.0730. The molecule has 2 aromatic carbocycles. The van der Waals surface area contributed by atoms with Crippen molar-refractivity contribution in [1.29, 1.82) is 0 Å². The van der Waals surface area contributed by atoms with Gasteiger partial charge in [-0.1, -0.05) is 17.7 Å². The number of ether oxygens (including phenoxy) is 2. The fourth-order valence-electron chi connectivity index (χ4n) is 3.81. The lowest BCUT2D eigenvalue weighted by atomic mass is 10.2. The molecule has 2 aliphatic heterocycles. The van der Waals surface area contributed by atoms with Crippen molar-refractivity contribution in [2.45, 2.75) is 35.7 Å². The first kappa shape index (κ1) is 24.0. The second kappa shape index (κ2) is 9.98. The standard InChI is InChI=1S/C22H29N3O6S2/c1-17-4-6-19(7-5-17)32(26,27)24-22-15-20(33(28,29)25-10-13-30-14-11-25)8-9-21(22)23-16-18-3-2-12-31-18/h4-9,15,18,23-24H,2-3,10-14,16H2,1H3/t18-/m1/s1. The molecule has 33 heavy (non-hydrogen) atoms. The van der Waals surface area contributed by atoms with Gasteiger partial charge in [0.05, 0.1) is 40.5 Å². The van der Waals surface area contributed by atoms with Crippen molar-refractivity contribution in [2.75, 3.05) is 49.5 Å². The molecular weight excluding hydrogens is 466 g/mol. The van der Waals surface area contributed by atoms with E-state index in [9.17, 15) is 16.8 Å². The van der Waals surface area contributed by atoms with Gasteiger partial charge in [-0.15, -0.1) is 0 Å². The van der Waals surface area contributed by atoms with Gasteiger partial charge in [0.15, 0.2) is 0 Å². The summed E-state index contributed by atoms with van der Waals surface area (Å²) in [4.78, 5) is 0.119. The normalized spacial score (nSPS) is 20.0. The molecule has 0 spiro atoms. The number of sulfonamides is 2. The van der Waals surface area contributed by atoms with Crippen LogP contribution in [0.25, 0.3) is 0 Å². The molecule has 0 amide bonds. The molecule has 2 saturated heterocycles. The molecule has 2 aromatic rings. The second-order valence-corrected chi connectivity index (χ2v) is 11.8. The number of nitrogens with one attached hydrogen (secondary N) is 2. The fourth-order valence-corrected chi connectivity index (χ4v) is 6.31. The van der Waals surface area contributed by atoms with E-state index in [1.807, 2.05) is 6.92 Å². The van der Waals surface area contributed by atoms with Crippen molar-refractivity contribution < 1.29 is 26.3 Å². The summed E-state index contributed by atoms with van der Waals surface area (Å²) in [5.74, 6) is 0. The zero-order chi connectivity index (χ0) is 23.5. The van der Waals surface area contributed by atoms with Crippen molar-refractivity contribution in [3.63, 3.8) is 0 Å². The molecule has 1 atom stereocenters. The molecule has 0 radical (unpaired) electrons. The Morgan fingerprint density at radius 3 is 2.30 bits per heavy atom. The van der Waals surface area contributed by atoms with Gasteiger partial charge in [0.1, 0.15) is 0 Å². The van der Waals surface area contributed by atoms with Gasteiger partial charge in [0.2, 0.25) is 10.0 Å². The average Bonchev–Trinajstić information content (AvgIpc) is 3.32. The van der Waals surface area contributed by atoms with Gasteiger partial charge in [-0.3, -0.25) is 4.72 Å². The first-order chi connectivity index (χ1) is 15.8. The highest BCUT2D eigenvalue weighted by Crippen LogP contribution is 2.30. The van der Waals surface area contributed by atoms with Crippen LogP contribution in [0.1, 0.15) is 18.4 Å². The molecule has 2 aliphatic rings. The smallest absolute Gasteiger partial charge is 0.261 e. The van der Waals surface area contributed by atoms with Crippen molar-refractivity contribution in [3.05, 3.63) is 48.0 Å². The monoisotopic (exact) mass is 495 g/mol. The number of rotatable bonds is 8. The predicted octanol–water partition coefficient (Wildman–Crippen LogP) is 2.41. The number of aryl methyl sites for hydroxylation is 1. The third-order valence-corrected chi connectivity index (χ3v) is 8.99. The number of benzene rings is 2. The third-order valence-electron chi connectivity index (χ3n) is 5.72. The Bertz CT molecular complexity index is 1170. The summed E-state index contributed by atoms with van der Waals surface area (Å²) in [6.07, 6.45) is 1.93. The van der Waals surface area contributed by atoms with Gasteiger partial charge in [-0.25, -0.2) is 16.8 Å². The number of morpholine rings is 1. The minimum Gasteiger partial charge on any atom is -0.381 e. The molecule has 0 unspecified atom stereocenters. The molecule has 180 valence electrons. The molecule has 0 aliphatic carbocycles. The summed E-state index contributed by atoms with van der Waals surface area (Å²) >= 11 is 0. The minimum atomic E-state index is -3.93. The zero-order valence-corrected chi connectivity index (χ0v) is 20.1. The number of hydrogen-bond acceptors (Lipinski definition) is 7. The summed E-state index contributed by atoms with van der Waals surface area (Å²) in [5.41, 5.74) is 1.59. The predicted molar refractivity (Wildman–Crippen MR) is 125 cm³/mol. The van der Waals surface area contributed by atoms with E-state index in [-0.39, 0.29) is 34.7 Å². The van der Waals surface area contributed by atoms with E-state index in [4.69, 9.17) is 9.47 Å². The Kier molecular flexibility index (Phi) is 7.25. The summed E-state index contributed by atoms with van der Waals surface area (Å²) in [6, 6.07) is 10.9. The first-order valence-corrected chi connectivity index (χ1v) is 13.8. The lowest BCUT2D eigenvalue weighted by Gasteiger charge is -2.26. The van der Waals surface area contributed by atoms with Gasteiger partial charge >= 0.3 is 0 Å². The summed E-state index contributed by atoms with van der Waals surface area (Å²) in [5, 5.41) is 3.22. The largest absolute Gasteiger partial charge is 0.381 e. The van der Waals surface area contributed by atoms with E-state index in [0.29, 0.717) is 32.1 Å². The van der Waals surface area contributed by atoms with Crippen molar-refractivity contribution in [3.8, 4) is 0 Å². The van der Waals surface area contributed by atoms with Crippen LogP contribution in [0.2, 0.25) is 0 Å². The fraction of sp³-hybridized carbons (Fsp3) is 0.455. The highest BCUT2D eigenvalue weighted by molar-refractivity contribution is 7.92. The maximum absolute atomic E-state index is 13.1. The molecule has 0 bridgehead atoms. The third kappa shape index (κ3) is 5.67. The molecular formula is C22H29N3O6S2. The van der Waals surface area contributed by atoms with Crippen LogP contribution in [0.5, 0.6) is 0 Å². The summed E-state index contributed by atoms with van der Waals surface area (Å²) < 4.78 is 67.2. The van der Waals surface area contributed by atoms with E-state index >= 15 is 0 Å². The van der Waals surface area contributed by atoms with Crippen LogP contribution in [-0.4, -0.2) is 66.7 Å². The molecule has 9 nitrogen and oxygen atoms in total. The quantitative estimate of drug-likeness (QED) is 0.578. The van der Waals surface area contributed by atoms with Gasteiger partial charge in [0.25, 0.3) is 10.0 Å². The number of anilines is 2. The Labute approximate surface area is 195 Å². The highest BCUT2D eigenvalue weighted by atomic mass is 32.2. The SMILES string of the molecule is Cc1ccc(S(=O)(=O)Nc2cc(S(=O)(=O)N3CCOCC3)ccc2NC[C@H]2CCCO2)cc1. The number of hydrogen-bond donors (Lipinski definition) is 2.